The Morgan fingerprint density at radius 3 is 2.44 bits per heavy atom. The molecule has 1 fully saturated rings. The lowest BCUT2D eigenvalue weighted by Crippen LogP contribution is -2.34. The van der Waals surface area contributed by atoms with Crippen LogP contribution in [0.1, 0.15) is 29.3 Å². The van der Waals surface area contributed by atoms with Crippen LogP contribution in [0.2, 0.25) is 0 Å². The van der Waals surface area contributed by atoms with Crippen molar-refractivity contribution >= 4 is 21.7 Å². The highest BCUT2D eigenvalue weighted by molar-refractivity contribution is 7.90. The van der Waals surface area contributed by atoms with Gasteiger partial charge in [-0.1, -0.05) is 30.3 Å². The monoisotopic (exact) mass is 387 g/mol. The summed E-state index contributed by atoms with van der Waals surface area (Å²) in [6.45, 7) is 2.15. The van der Waals surface area contributed by atoms with E-state index in [2.05, 4.69) is 0 Å². The maximum atomic E-state index is 12.7. The van der Waals surface area contributed by atoms with Crippen LogP contribution in [0.3, 0.4) is 0 Å². The van der Waals surface area contributed by atoms with Gasteiger partial charge in [0.05, 0.1) is 16.1 Å². The molecule has 1 aliphatic heterocycles. The zero-order valence-electron chi connectivity index (χ0n) is 15.0. The standard InChI is InChI=1S/C20H21NO5S/c1-20(19(23)24)10-11-21(14-20)18(22)16-7-5-6-15(12-16)13-27(25,26)17-8-3-2-4-9-17/h2-9,12H,10-11,13-14H2,1H3,(H,23,24)/t20-/m0/s1. The summed E-state index contributed by atoms with van der Waals surface area (Å²) in [6, 6.07) is 14.7. The third-order valence-electron chi connectivity index (χ3n) is 4.91. The van der Waals surface area contributed by atoms with Gasteiger partial charge in [0.15, 0.2) is 9.84 Å². The van der Waals surface area contributed by atoms with E-state index in [0.29, 0.717) is 24.1 Å². The average molecular weight is 387 g/mol. The lowest BCUT2D eigenvalue weighted by atomic mass is 9.90. The normalized spacial score (nSPS) is 19.8. The first-order chi connectivity index (χ1) is 12.7. The van der Waals surface area contributed by atoms with Crippen LogP contribution in [0.25, 0.3) is 0 Å². The van der Waals surface area contributed by atoms with Crippen molar-refractivity contribution in [3.63, 3.8) is 0 Å². The van der Waals surface area contributed by atoms with Gasteiger partial charge in [-0.2, -0.15) is 0 Å². The van der Waals surface area contributed by atoms with Crippen molar-refractivity contribution in [1.82, 2.24) is 4.90 Å². The van der Waals surface area contributed by atoms with E-state index in [-0.39, 0.29) is 23.1 Å². The molecule has 0 bridgehead atoms. The molecule has 0 radical (unpaired) electrons. The number of carboxylic acids is 1. The Bertz CT molecular complexity index is 971. The number of likely N-dealkylation sites (tertiary alicyclic amines) is 1. The van der Waals surface area contributed by atoms with Crippen LogP contribution in [-0.2, 0) is 20.4 Å². The lowest BCUT2D eigenvalue weighted by Gasteiger charge is -2.20. The van der Waals surface area contributed by atoms with Gasteiger partial charge in [-0.25, -0.2) is 8.42 Å². The molecule has 27 heavy (non-hydrogen) atoms. The van der Waals surface area contributed by atoms with Gasteiger partial charge < -0.3 is 10.0 Å². The molecule has 6 nitrogen and oxygen atoms in total. The molecule has 1 amide bonds. The fraction of sp³-hybridized carbons (Fsp3) is 0.300. The van der Waals surface area contributed by atoms with Crippen molar-refractivity contribution in [2.75, 3.05) is 13.1 Å². The molecule has 1 saturated heterocycles. The Hall–Kier alpha value is -2.67. The molecule has 2 aromatic rings. The maximum Gasteiger partial charge on any atom is 0.311 e. The number of amides is 1. The molecule has 0 saturated carbocycles. The minimum atomic E-state index is -3.51. The molecule has 0 unspecified atom stereocenters. The second kappa shape index (κ2) is 7.15. The molecule has 1 atom stereocenters. The van der Waals surface area contributed by atoms with Gasteiger partial charge >= 0.3 is 5.97 Å². The predicted molar refractivity (Wildman–Crippen MR) is 100 cm³/mol. The summed E-state index contributed by atoms with van der Waals surface area (Å²) in [6.07, 6.45) is 0.399. The smallest absolute Gasteiger partial charge is 0.311 e. The fourth-order valence-electron chi connectivity index (χ4n) is 3.22. The summed E-state index contributed by atoms with van der Waals surface area (Å²) in [4.78, 5) is 25.8. The first-order valence-corrected chi connectivity index (χ1v) is 10.3. The second-order valence-electron chi connectivity index (χ2n) is 7.12. The number of benzene rings is 2. The first-order valence-electron chi connectivity index (χ1n) is 8.61. The van der Waals surface area contributed by atoms with Crippen molar-refractivity contribution in [2.24, 2.45) is 5.41 Å². The Balaban J connectivity index is 1.78. The molecular formula is C20H21NO5S. The van der Waals surface area contributed by atoms with Gasteiger partial charge in [0, 0.05) is 18.7 Å². The van der Waals surface area contributed by atoms with Gasteiger partial charge in [0.25, 0.3) is 5.91 Å². The van der Waals surface area contributed by atoms with Crippen molar-refractivity contribution in [2.45, 2.75) is 24.0 Å². The van der Waals surface area contributed by atoms with E-state index in [4.69, 9.17) is 0 Å². The van der Waals surface area contributed by atoms with Crippen LogP contribution < -0.4 is 0 Å². The SMILES string of the molecule is C[C@]1(C(=O)O)CCN(C(=O)c2cccc(CS(=O)(=O)c3ccccc3)c2)C1. The number of aliphatic carboxylic acids is 1. The highest BCUT2D eigenvalue weighted by atomic mass is 32.2. The molecule has 0 aromatic heterocycles. The van der Waals surface area contributed by atoms with Crippen LogP contribution in [0, 0.1) is 5.41 Å². The number of hydrogen-bond donors (Lipinski definition) is 1. The molecule has 1 N–H and O–H groups in total. The van der Waals surface area contributed by atoms with Crippen molar-refractivity contribution < 1.29 is 23.1 Å². The second-order valence-corrected chi connectivity index (χ2v) is 9.10. The van der Waals surface area contributed by atoms with E-state index in [1.54, 1.807) is 61.5 Å². The molecule has 1 aliphatic rings. The average Bonchev–Trinajstić information content (AvgIpc) is 3.05. The summed E-state index contributed by atoms with van der Waals surface area (Å²) < 4.78 is 25.1. The topological polar surface area (TPSA) is 91.8 Å². The van der Waals surface area contributed by atoms with Crippen molar-refractivity contribution in [3.8, 4) is 0 Å². The zero-order chi connectivity index (χ0) is 19.7. The van der Waals surface area contributed by atoms with Crippen LogP contribution >= 0.6 is 0 Å². The number of carboxylic acid groups (broad SMARTS) is 1. The van der Waals surface area contributed by atoms with E-state index in [0.717, 1.165) is 0 Å². The van der Waals surface area contributed by atoms with E-state index in [1.807, 2.05) is 0 Å². The number of carbonyl (C=O) groups excluding carboxylic acids is 1. The third kappa shape index (κ3) is 4.03. The van der Waals surface area contributed by atoms with E-state index in [9.17, 15) is 23.1 Å². The van der Waals surface area contributed by atoms with Crippen LogP contribution in [0.5, 0.6) is 0 Å². The van der Waals surface area contributed by atoms with E-state index >= 15 is 0 Å². The Morgan fingerprint density at radius 1 is 1.11 bits per heavy atom. The Morgan fingerprint density at radius 2 is 1.81 bits per heavy atom. The van der Waals surface area contributed by atoms with Crippen LogP contribution in [0.15, 0.2) is 59.5 Å². The van der Waals surface area contributed by atoms with Gasteiger partial charge in [0.2, 0.25) is 0 Å². The lowest BCUT2D eigenvalue weighted by molar-refractivity contribution is -0.147. The third-order valence-corrected chi connectivity index (χ3v) is 6.61. The van der Waals surface area contributed by atoms with E-state index < -0.39 is 21.2 Å². The summed E-state index contributed by atoms with van der Waals surface area (Å²) in [5.74, 6) is -1.40. The number of nitrogens with zero attached hydrogens (tertiary/aromatic N) is 1. The van der Waals surface area contributed by atoms with Gasteiger partial charge in [-0.3, -0.25) is 9.59 Å². The first kappa shape index (κ1) is 19.1. The van der Waals surface area contributed by atoms with Gasteiger partial charge in [0.1, 0.15) is 0 Å². The van der Waals surface area contributed by atoms with Crippen LogP contribution in [0.4, 0.5) is 0 Å². The van der Waals surface area contributed by atoms with Gasteiger partial charge in [-0.15, -0.1) is 0 Å². The number of rotatable bonds is 5. The molecule has 7 heteroatoms. The minimum absolute atomic E-state index is 0.147. The van der Waals surface area contributed by atoms with Crippen LogP contribution in [-0.4, -0.2) is 43.4 Å². The summed E-state index contributed by atoms with van der Waals surface area (Å²) in [5.41, 5.74) is -0.0560. The van der Waals surface area contributed by atoms with Gasteiger partial charge in [-0.05, 0) is 43.2 Å². The zero-order valence-corrected chi connectivity index (χ0v) is 15.8. The minimum Gasteiger partial charge on any atom is -0.481 e. The fourth-order valence-corrected chi connectivity index (χ4v) is 4.57. The van der Waals surface area contributed by atoms with Crippen molar-refractivity contribution in [3.05, 3.63) is 65.7 Å². The number of carbonyl (C=O) groups is 2. The number of sulfone groups is 1. The molecule has 2 aromatic carbocycles. The summed E-state index contributed by atoms with van der Waals surface area (Å²) in [7, 11) is -3.51. The highest BCUT2D eigenvalue weighted by Gasteiger charge is 2.42. The summed E-state index contributed by atoms with van der Waals surface area (Å²) in [5, 5.41) is 9.32. The number of hydrogen-bond acceptors (Lipinski definition) is 4. The summed E-state index contributed by atoms with van der Waals surface area (Å²) >= 11 is 0. The molecule has 1 heterocycles. The Kier molecular flexibility index (Phi) is 5.06. The van der Waals surface area contributed by atoms with Crippen molar-refractivity contribution in [1.29, 1.82) is 0 Å². The molecule has 3 rings (SSSR count). The molecule has 0 spiro atoms. The Labute approximate surface area is 158 Å². The largest absolute Gasteiger partial charge is 0.481 e. The highest BCUT2D eigenvalue weighted by Crippen LogP contribution is 2.31. The molecule has 142 valence electrons. The maximum absolute atomic E-state index is 12.7. The van der Waals surface area contributed by atoms with E-state index in [1.165, 1.54) is 4.90 Å². The quantitative estimate of drug-likeness (QED) is 0.851. The molecular weight excluding hydrogens is 366 g/mol. The molecule has 0 aliphatic carbocycles. The predicted octanol–water partition coefficient (Wildman–Crippen LogP) is 2.60.